The van der Waals surface area contributed by atoms with Crippen molar-refractivity contribution in [2.45, 2.75) is 40.0 Å². The normalized spacial score (nSPS) is 11.8. The van der Waals surface area contributed by atoms with E-state index >= 15 is 0 Å². The van der Waals surface area contributed by atoms with Crippen LogP contribution in [0.15, 0.2) is 18.2 Å². The first kappa shape index (κ1) is 15.1. The van der Waals surface area contributed by atoms with Crippen LogP contribution in [0.3, 0.4) is 0 Å². The van der Waals surface area contributed by atoms with Gasteiger partial charge in [0, 0.05) is 6.54 Å². The molecule has 0 saturated carbocycles. The number of rotatable bonds is 7. The van der Waals surface area contributed by atoms with Gasteiger partial charge in [0.25, 0.3) is 0 Å². The highest BCUT2D eigenvalue weighted by atomic mass is 19.2. The van der Waals surface area contributed by atoms with Crippen molar-refractivity contribution < 1.29 is 8.78 Å². The van der Waals surface area contributed by atoms with Crippen molar-refractivity contribution in [2.75, 3.05) is 13.1 Å². The maximum atomic E-state index is 13.7. The molecule has 0 spiro atoms. The van der Waals surface area contributed by atoms with Gasteiger partial charge in [-0.15, -0.1) is 0 Å². The Morgan fingerprint density at radius 2 is 1.78 bits per heavy atom. The van der Waals surface area contributed by atoms with Crippen LogP contribution in [0, 0.1) is 17.0 Å². The number of benzene rings is 1. The van der Waals surface area contributed by atoms with Gasteiger partial charge in [0.2, 0.25) is 0 Å². The van der Waals surface area contributed by atoms with Gasteiger partial charge in [-0.2, -0.15) is 0 Å². The molecular formula is C15H23F2N. The minimum atomic E-state index is -0.753. The quantitative estimate of drug-likeness (QED) is 0.778. The molecule has 1 aromatic carbocycles. The van der Waals surface area contributed by atoms with Crippen LogP contribution in [0.2, 0.25) is 0 Å². The lowest BCUT2D eigenvalue weighted by Gasteiger charge is -2.32. The second-order valence-electron chi connectivity index (χ2n) is 4.88. The average Bonchev–Trinajstić information content (AvgIpc) is 2.40. The number of halogens is 2. The maximum absolute atomic E-state index is 13.7. The monoisotopic (exact) mass is 255 g/mol. The van der Waals surface area contributed by atoms with Crippen LogP contribution in [0.5, 0.6) is 0 Å². The van der Waals surface area contributed by atoms with Crippen LogP contribution in [0.25, 0.3) is 0 Å². The van der Waals surface area contributed by atoms with E-state index in [0.717, 1.165) is 25.9 Å². The average molecular weight is 255 g/mol. The molecule has 0 aromatic heterocycles. The van der Waals surface area contributed by atoms with Crippen molar-refractivity contribution in [1.82, 2.24) is 5.32 Å². The van der Waals surface area contributed by atoms with E-state index in [4.69, 9.17) is 0 Å². The van der Waals surface area contributed by atoms with Gasteiger partial charge in [-0.1, -0.05) is 32.9 Å². The molecule has 1 N–H and O–H groups in total. The van der Waals surface area contributed by atoms with Crippen molar-refractivity contribution in [1.29, 1.82) is 0 Å². The zero-order valence-electron chi connectivity index (χ0n) is 11.5. The minimum Gasteiger partial charge on any atom is -0.316 e. The molecule has 0 aliphatic heterocycles. The van der Waals surface area contributed by atoms with Crippen LogP contribution in [0.4, 0.5) is 8.78 Å². The van der Waals surface area contributed by atoms with Gasteiger partial charge in [-0.25, -0.2) is 8.78 Å². The predicted molar refractivity (Wildman–Crippen MR) is 71.6 cm³/mol. The maximum Gasteiger partial charge on any atom is 0.162 e. The molecule has 0 fully saturated rings. The molecule has 18 heavy (non-hydrogen) atoms. The van der Waals surface area contributed by atoms with E-state index in [1.165, 1.54) is 6.07 Å². The molecule has 0 radical (unpaired) electrons. The van der Waals surface area contributed by atoms with E-state index < -0.39 is 11.6 Å². The third kappa shape index (κ3) is 3.52. The molecule has 1 rings (SSSR count). The lowest BCUT2D eigenvalue weighted by atomic mass is 9.76. The third-order valence-electron chi connectivity index (χ3n) is 3.85. The molecule has 0 amide bonds. The fraction of sp³-hybridized carbons (Fsp3) is 0.600. The summed E-state index contributed by atoms with van der Waals surface area (Å²) in [5, 5.41) is 3.33. The number of hydrogen-bond donors (Lipinski definition) is 1. The molecule has 0 aliphatic carbocycles. The minimum absolute atomic E-state index is 0.00461. The Bertz CT molecular complexity index is 373. The fourth-order valence-corrected chi connectivity index (χ4v) is 2.29. The molecule has 1 nitrogen and oxygen atoms in total. The molecule has 1 aromatic rings. The van der Waals surface area contributed by atoms with E-state index in [9.17, 15) is 8.78 Å². The predicted octanol–water partition coefficient (Wildman–Crippen LogP) is 3.92. The SMILES string of the molecule is CCNCC(CC)(CC)Cc1cccc(F)c1F. The smallest absolute Gasteiger partial charge is 0.162 e. The van der Waals surface area contributed by atoms with Crippen molar-refractivity contribution in [3.63, 3.8) is 0 Å². The van der Waals surface area contributed by atoms with Gasteiger partial charge in [-0.3, -0.25) is 0 Å². The molecule has 0 unspecified atom stereocenters. The highest BCUT2D eigenvalue weighted by molar-refractivity contribution is 5.20. The summed E-state index contributed by atoms with van der Waals surface area (Å²) in [6.45, 7) is 8.01. The van der Waals surface area contributed by atoms with Crippen molar-refractivity contribution in [2.24, 2.45) is 5.41 Å². The first-order valence-electron chi connectivity index (χ1n) is 6.72. The van der Waals surface area contributed by atoms with E-state index in [2.05, 4.69) is 26.1 Å². The first-order valence-corrected chi connectivity index (χ1v) is 6.72. The Labute approximate surface area is 109 Å². The highest BCUT2D eigenvalue weighted by Gasteiger charge is 2.27. The summed E-state index contributed by atoms with van der Waals surface area (Å²) in [6, 6.07) is 4.43. The van der Waals surface area contributed by atoms with Gasteiger partial charge in [-0.05, 0) is 42.9 Å². The fourth-order valence-electron chi connectivity index (χ4n) is 2.29. The molecule has 0 atom stereocenters. The van der Waals surface area contributed by atoms with Crippen molar-refractivity contribution >= 4 is 0 Å². The van der Waals surface area contributed by atoms with Gasteiger partial charge < -0.3 is 5.32 Å². The van der Waals surface area contributed by atoms with Gasteiger partial charge in [0.15, 0.2) is 11.6 Å². The summed E-state index contributed by atoms with van der Waals surface area (Å²) in [5.41, 5.74) is 0.488. The zero-order valence-corrected chi connectivity index (χ0v) is 11.5. The lowest BCUT2D eigenvalue weighted by molar-refractivity contribution is 0.245. The van der Waals surface area contributed by atoms with Gasteiger partial charge in [0.05, 0.1) is 0 Å². The van der Waals surface area contributed by atoms with Crippen molar-refractivity contribution in [3.05, 3.63) is 35.4 Å². The Morgan fingerprint density at radius 1 is 1.11 bits per heavy atom. The Balaban J connectivity index is 2.92. The Hall–Kier alpha value is -0.960. The summed E-state index contributed by atoms with van der Waals surface area (Å²) in [6.07, 6.45) is 2.48. The highest BCUT2D eigenvalue weighted by Crippen LogP contribution is 2.31. The van der Waals surface area contributed by atoms with Gasteiger partial charge in [0.1, 0.15) is 0 Å². The molecule has 102 valence electrons. The van der Waals surface area contributed by atoms with Crippen molar-refractivity contribution in [3.8, 4) is 0 Å². The Kier molecular flexibility index (Phi) is 5.73. The number of nitrogens with one attached hydrogen (secondary N) is 1. The van der Waals surface area contributed by atoms with Crippen LogP contribution in [-0.2, 0) is 6.42 Å². The summed E-state index contributed by atoms with van der Waals surface area (Å²) < 4.78 is 27.0. The Morgan fingerprint density at radius 3 is 2.33 bits per heavy atom. The standard InChI is InChI=1S/C15H23F2N/c1-4-15(5-2,11-18-6-3)10-12-8-7-9-13(16)14(12)17/h7-9,18H,4-6,10-11H2,1-3H3. The molecule has 0 heterocycles. The van der Waals surface area contributed by atoms with Gasteiger partial charge >= 0.3 is 0 Å². The first-order chi connectivity index (χ1) is 8.58. The number of hydrogen-bond acceptors (Lipinski definition) is 1. The molecule has 0 saturated heterocycles. The summed E-state index contributed by atoms with van der Waals surface area (Å²) in [4.78, 5) is 0. The van der Waals surface area contributed by atoms with Crippen LogP contribution >= 0.6 is 0 Å². The lowest BCUT2D eigenvalue weighted by Crippen LogP contribution is -2.35. The van der Waals surface area contributed by atoms with E-state index in [1.807, 2.05) is 0 Å². The van der Waals surface area contributed by atoms with Crippen LogP contribution in [0.1, 0.15) is 39.2 Å². The summed E-state index contributed by atoms with van der Waals surface area (Å²) in [7, 11) is 0. The third-order valence-corrected chi connectivity index (χ3v) is 3.85. The summed E-state index contributed by atoms with van der Waals surface area (Å²) >= 11 is 0. The molecular weight excluding hydrogens is 232 g/mol. The largest absolute Gasteiger partial charge is 0.316 e. The second kappa shape index (κ2) is 6.83. The molecule has 0 aliphatic rings. The van der Waals surface area contributed by atoms with E-state index in [-0.39, 0.29) is 5.41 Å². The second-order valence-corrected chi connectivity index (χ2v) is 4.88. The molecule has 0 bridgehead atoms. The summed E-state index contributed by atoms with van der Waals surface area (Å²) in [5.74, 6) is -1.45. The van der Waals surface area contributed by atoms with E-state index in [0.29, 0.717) is 12.0 Å². The van der Waals surface area contributed by atoms with Crippen LogP contribution in [-0.4, -0.2) is 13.1 Å². The van der Waals surface area contributed by atoms with Crippen LogP contribution < -0.4 is 5.32 Å². The topological polar surface area (TPSA) is 12.0 Å². The zero-order chi connectivity index (χ0) is 13.6. The van der Waals surface area contributed by atoms with E-state index in [1.54, 1.807) is 12.1 Å². The molecule has 3 heteroatoms.